The minimum absolute atomic E-state index is 0.103. The van der Waals surface area contributed by atoms with Crippen LogP contribution in [-0.4, -0.2) is 42.7 Å². The van der Waals surface area contributed by atoms with Crippen molar-refractivity contribution in [2.75, 3.05) is 6.54 Å². The van der Waals surface area contributed by atoms with Gasteiger partial charge in [0, 0.05) is 24.5 Å². The molecule has 0 spiro atoms. The van der Waals surface area contributed by atoms with E-state index in [9.17, 15) is 15.2 Å². The second-order valence-corrected chi connectivity index (χ2v) is 8.24. The van der Waals surface area contributed by atoms with Crippen molar-refractivity contribution in [3.63, 3.8) is 0 Å². The summed E-state index contributed by atoms with van der Waals surface area (Å²) in [6.45, 7) is 3.33. The van der Waals surface area contributed by atoms with Crippen LogP contribution in [0.1, 0.15) is 29.9 Å². The maximum absolute atomic E-state index is 12.5. The van der Waals surface area contributed by atoms with Gasteiger partial charge < -0.3 is 10.4 Å². The summed E-state index contributed by atoms with van der Waals surface area (Å²) in [7, 11) is 0. The van der Waals surface area contributed by atoms with Gasteiger partial charge >= 0.3 is 0 Å². The lowest BCUT2D eigenvalue weighted by atomic mass is 10.0. The Kier molecular flexibility index (Phi) is 5.03. The van der Waals surface area contributed by atoms with Crippen molar-refractivity contribution >= 4 is 22.9 Å². The Bertz CT molecular complexity index is 1270. The van der Waals surface area contributed by atoms with Gasteiger partial charge in [-0.1, -0.05) is 12.1 Å². The number of fused-ring (bicyclic) bond motifs is 1. The summed E-state index contributed by atoms with van der Waals surface area (Å²) in [6.07, 6.45) is 3.39. The summed E-state index contributed by atoms with van der Waals surface area (Å²) in [5.74, 6) is -0.385. The molecule has 150 valence electrons. The van der Waals surface area contributed by atoms with Crippen molar-refractivity contribution in [3.8, 4) is 27.8 Å². The SMILES string of the molecule is CC(C)(O)CNC(=O)c1ccn2nc(-c3cccc(C#N)c3)c(-c3cncs3)c2n1. The lowest BCUT2D eigenvalue weighted by molar-refractivity contribution is 0.0692. The van der Waals surface area contributed by atoms with Gasteiger partial charge in [0.15, 0.2) is 5.65 Å². The minimum Gasteiger partial charge on any atom is -0.389 e. The highest BCUT2D eigenvalue weighted by atomic mass is 32.1. The van der Waals surface area contributed by atoms with Crippen molar-refractivity contribution in [2.45, 2.75) is 19.4 Å². The first-order chi connectivity index (χ1) is 14.4. The maximum Gasteiger partial charge on any atom is 0.270 e. The molecule has 1 aromatic carbocycles. The summed E-state index contributed by atoms with van der Waals surface area (Å²) in [5.41, 5.74) is 4.11. The number of aliphatic hydroxyl groups is 1. The van der Waals surface area contributed by atoms with Gasteiger partial charge in [0.2, 0.25) is 0 Å². The van der Waals surface area contributed by atoms with Crippen LogP contribution in [0.25, 0.3) is 27.3 Å². The van der Waals surface area contributed by atoms with Gasteiger partial charge in [-0.15, -0.1) is 11.3 Å². The third-order valence-corrected chi connectivity index (χ3v) is 5.13. The van der Waals surface area contributed by atoms with E-state index in [1.807, 2.05) is 6.07 Å². The number of amides is 1. The molecule has 0 aliphatic rings. The topological polar surface area (TPSA) is 116 Å². The van der Waals surface area contributed by atoms with Crippen LogP contribution in [0.4, 0.5) is 0 Å². The van der Waals surface area contributed by atoms with Gasteiger partial charge in [-0.3, -0.25) is 9.78 Å². The van der Waals surface area contributed by atoms with E-state index < -0.39 is 5.60 Å². The molecule has 0 aliphatic heterocycles. The van der Waals surface area contributed by atoms with E-state index in [1.165, 1.54) is 11.3 Å². The van der Waals surface area contributed by atoms with Crippen LogP contribution in [0.2, 0.25) is 0 Å². The fourth-order valence-electron chi connectivity index (χ4n) is 2.95. The largest absolute Gasteiger partial charge is 0.389 e. The van der Waals surface area contributed by atoms with Gasteiger partial charge in [0.25, 0.3) is 5.91 Å². The zero-order chi connectivity index (χ0) is 21.3. The van der Waals surface area contributed by atoms with E-state index in [-0.39, 0.29) is 18.1 Å². The van der Waals surface area contributed by atoms with E-state index in [4.69, 9.17) is 0 Å². The van der Waals surface area contributed by atoms with Crippen LogP contribution < -0.4 is 5.32 Å². The average molecular weight is 418 g/mol. The molecule has 2 N–H and O–H groups in total. The zero-order valence-electron chi connectivity index (χ0n) is 16.3. The fourth-order valence-corrected chi connectivity index (χ4v) is 3.61. The smallest absolute Gasteiger partial charge is 0.270 e. The molecule has 0 atom stereocenters. The van der Waals surface area contributed by atoms with E-state index in [1.54, 1.807) is 60.5 Å². The van der Waals surface area contributed by atoms with Crippen molar-refractivity contribution < 1.29 is 9.90 Å². The molecule has 0 bridgehead atoms. The number of carbonyl (C=O) groups excluding carboxylic acids is 1. The first-order valence-corrected chi connectivity index (χ1v) is 10.0. The van der Waals surface area contributed by atoms with Crippen molar-refractivity contribution in [3.05, 3.63) is 59.5 Å². The Morgan fingerprint density at radius 2 is 2.20 bits per heavy atom. The summed E-state index contributed by atoms with van der Waals surface area (Å²) >= 11 is 1.44. The van der Waals surface area contributed by atoms with Crippen LogP contribution >= 0.6 is 11.3 Å². The molecular formula is C21H18N6O2S. The number of benzene rings is 1. The quantitative estimate of drug-likeness (QED) is 0.515. The van der Waals surface area contributed by atoms with Crippen LogP contribution in [0, 0.1) is 11.3 Å². The second kappa shape index (κ2) is 7.67. The van der Waals surface area contributed by atoms with Gasteiger partial charge in [-0.2, -0.15) is 10.4 Å². The molecule has 0 saturated heterocycles. The maximum atomic E-state index is 12.5. The Labute approximate surface area is 176 Å². The molecule has 0 aliphatic carbocycles. The van der Waals surface area contributed by atoms with E-state index in [2.05, 4.69) is 26.5 Å². The van der Waals surface area contributed by atoms with Gasteiger partial charge in [-0.25, -0.2) is 9.50 Å². The predicted octanol–water partition coefficient (Wildman–Crippen LogP) is 2.89. The third-order valence-electron chi connectivity index (χ3n) is 4.34. The monoisotopic (exact) mass is 418 g/mol. The molecule has 4 rings (SSSR count). The fraction of sp³-hybridized carbons (Fsp3) is 0.190. The highest BCUT2D eigenvalue weighted by molar-refractivity contribution is 7.13. The Balaban J connectivity index is 1.85. The summed E-state index contributed by atoms with van der Waals surface area (Å²) in [4.78, 5) is 22.1. The predicted molar refractivity (Wildman–Crippen MR) is 113 cm³/mol. The van der Waals surface area contributed by atoms with E-state index in [0.29, 0.717) is 16.9 Å². The first kappa shape index (κ1) is 19.7. The molecule has 0 radical (unpaired) electrons. The van der Waals surface area contributed by atoms with Crippen LogP contribution in [0.3, 0.4) is 0 Å². The van der Waals surface area contributed by atoms with Crippen molar-refractivity contribution in [1.29, 1.82) is 5.26 Å². The molecule has 8 nitrogen and oxygen atoms in total. The number of nitrogens with zero attached hydrogens (tertiary/aromatic N) is 5. The molecule has 0 saturated carbocycles. The zero-order valence-corrected chi connectivity index (χ0v) is 17.1. The lowest BCUT2D eigenvalue weighted by Crippen LogP contribution is -2.38. The molecule has 0 unspecified atom stereocenters. The molecule has 3 aromatic heterocycles. The van der Waals surface area contributed by atoms with Crippen molar-refractivity contribution in [1.82, 2.24) is 24.9 Å². The van der Waals surface area contributed by atoms with Gasteiger partial charge in [0.05, 0.1) is 33.2 Å². The third kappa shape index (κ3) is 3.91. The molecule has 0 fully saturated rings. The van der Waals surface area contributed by atoms with Gasteiger partial charge in [0.1, 0.15) is 11.4 Å². The summed E-state index contributed by atoms with van der Waals surface area (Å²) in [5, 5.41) is 26.4. The number of hydrogen-bond acceptors (Lipinski definition) is 7. The highest BCUT2D eigenvalue weighted by Gasteiger charge is 2.21. The van der Waals surface area contributed by atoms with Crippen LogP contribution in [0.15, 0.2) is 48.2 Å². The molecule has 3 heterocycles. The number of hydrogen-bond donors (Lipinski definition) is 2. The Morgan fingerprint density at radius 1 is 1.37 bits per heavy atom. The number of aromatic nitrogens is 4. The molecule has 1 amide bonds. The summed E-state index contributed by atoms with van der Waals surface area (Å²) in [6, 6.07) is 10.9. The van der Waals surface area contributed by atoms with Crippen LogP contribution in [-0.2, 0) is 0 Å². The lowest BCUT2D eigenvalue weighted by Gasteiger charge is -2.17. The average Bonchev–Trinajstić information content (AvgIpc) is 3.38. The van der Waals surface area contributed by atoms with Crippen molar-refractivity contribution in [2.24, 2.45) is 0 Å². The number of nitriles is 1. The number of carbonyl (C=O) groups is 1. The molecule has 30 heavy (non-hydrogen) atoms. The van der Waals surface area contributed by atoms with Crippen LogP contribution in [0.5, 0.6) is 0 Å². The Hall–Kier alpha value is -3.61. The minimum atomic E-state index is -1.02. The van der Waals surface area contributed by atoms with E-state index >= 15 is 0 Å². The Morgan fingerprint density at radius 3 is 2.90 bits per heavy atom. The second-order valence-electron chi connectivity index (χ2n) is 7.36. The molecular weight excluding hydrogens is 400 g/mol. The first-order valence-electron chi connectivity index (χ1n) is 9.15. The standard InChI is InChI=1S/C21H18N6O2S/c1-21(2,29)11-24-20(28)15-6-7-27-19(25-15)17(16-10-23-12-30-16)18(26-27)14-5-3-4-13(8-14)9-22/h3-8,10,12,29H,11H2,1-2H3,(H,24,28). The number of rotatable bonds is 5. The normalized spacial score (nSPS) is 11.4. The van der Waals surface area contributed by atoms with Gasteiger partial charge in [-0.05, 0) is 32.0 Å². The highest BCUT2D eigenvalue weighted by Crippen LogP contribution is 2.36. The molecule has 4 aromatic rings. The molecule has 9 heteroatoms. The number of nitrogens with one attached hydrogen (secondary N) is 1. The summed E-state index contributed by atoms with van der Waals surface area (Å²) < 4.78 is 1.61. The number of thiazole rings is 1. The van der Waals surface area contributed by atoms with E-state index in [0.717, 1.165) is 16.0 Å².